The maximum atomic E-state index is 3.62. The van der Waals surface area contributed by atoms with Crippen molar-refractivity contribution in [3.63, 3.8) is 0 Å². The van der Waals surface area contributed by atoms with Gasteiger partial charge in [-0.2, -0.15) is 11.8 Å². The highest BCUT2D eigenvalue weighted by Gasteiger charge is 2.13. The number of hydrogen-bond acceptors (Lipinski definition) is 3. The van der Waals surface area contributed by atoms with Crippen molar-refractivity contribution in [2.75, 3.05) is 31.1 Å². The third kappa shape index (κ3) is 6.77. The predicted octanol–water partition coefficient (Wildman–Crippen LogP) is 2.50. The number of nitrogens with one attached hydrogen (secondary N) is 2. The van der Waals surface area contributed by atoms with E-state index in [9.17, 15) is 0 Å². The Labute approximate surface area is 105 Å². The molecule has 0 amide bonds. The Morgan fingerprint density at radius 3 is 2.69 bits per heavy atom. The van der Waals surface area contributed by atoms with Gasteiger partial charge in [0.2, 0.25) is 0 Å². The first-order chi connectivity index (χ1) is 7.83. The SMILES string of the molecule is CCCNCC(C)NCCC1CCSCC1. The zero-order chi connectivity index (χ0) is 11.6. The minimum absolute atomic E-state index is 0.615. The Hall–Kier alpha value is 0.270. The molecule has 2 nitrogen and oxygen atoms in total. The van der Waals surface area contributed by atoms with Crippen LogP contribution < -0.4 is 10.6 Å². The molecule has 1 saturated heterocycles. The third-order valence-electron chi connectivity index (χ3n) is 3.26. The Kier molecular flexibility index (Phi) is 8.34. The monoisotopic (exact) mass is 244 g/mol. The van der Waals surface area contributed by atoms with Gasteiger partial charge in [-0.3, -0.25) is 0 Å². The highest BCUT2D eigenvalue weighted by atomic mass is 32.2. The Bertz CT molecular complexity index is 158. The van der Waals surface area contributed by atoms with Crippen LogP contribution in [-0.4, -0.2) is 37.2 Å². The van der Waals surface area contributed by atoms with Crippen LogP contribution in [-0.2, 0) is 0 Å². The molecule has 1 atom stereocenters. The maximum absolute atomic E-state index is 3.62. The summed E-state index contributed by atoms with van der Waals surface area (Å²) in [6, 6.07) is 0.615. The molecule has 16 heavy (non-hydrogen) atoms. The Balaban J connectivity index is 1.92. The molecule has 1 unspecified atom stereocenters. The molecule has 0 aliphatic carbocycles. The van der Waals surface area contributed by atoms with Gasteiger partial charge in [-0.15, -0.1) is 0 Å². The minimum Gasteiger partial charge on any atom is -0.315 e. The van der Waals surface area contributed by atoms with E-state index in [1.807, 2.05) is 0 Å². The molecule has 0 spiro atoms. The summed E-state index contributed by atoms with van der Waals surface area (Å²) in [7, 11) is 0. The average Bonchev–Trinajstić information content (AvgIpc) is 2.31. The van der Waals surface area contributed by atoms with Crippen molar-refractivity contribution in [1.29, 1.82) is 0 Å². The highest BCUT2D eigenvalue weighted by Crippen LogP contribution is 2.24. The summed E-state index contributed by atoms with van der Waals surface area (Å²) >= 11 is 2.12. The molecule has 1 fully saturated rings. The van der Waals surface area contributed by atoms with Gasteiger partial charge in [0.1, 0.15) is 0 Å². The van der Waals surface area contributed by atoms with E-state index in [0.717, 1.165) is 19.0 Å². The van der Waals surface area contributed by atoms with Crippen LogP contribution in [0.4, 0.5) is 0 Å². The second-order valence-corrected chi connectivity index (χ2v) is 6.13. The summed E-state index contributed by atoms with van der Waals surface area (Å²) in [4.78, 5) is 0. The zero-order valence-corrected chi connectivity index (χ0v) is 11.7. The number of rotatable bonds is 8. The largest absolute Gasteiger partial charge is 0.315 e. The molecule has 3 heteroatoms. The fraction of sp³-hybridized carbons (Fsp3) is 1.00. The van der Waals surface area contributed by atoms with Crippen LogP contribution in [0.25, 0.3) is 0 Å². The molecule has 0 radical (unpaired) electrons. The van der Waals surface area contributed by atoms with Crippen molar-refractivity contribution >= 4 is 11.8 Å². The van der Waals surface area contributed by atoms with Gasteiger partial charge in [0.05, 0.1) is 0 Å². The molecule has 1 aliphatic heterocycles. The second-order valence-electron chi connectivity index (χ2n) is 4.90. The molecular formula is C13H28N2S. The van der Waals surface area contributed by atoms with Crippen molar-refractivity contribution < 1.29 is 0 Å². The molecule has 2 N–H and O–H groups in total. The van der Waals surface area contributed by atoms with Crippen molar-refractivity contribution in [1.82, 2.24) is 10.6 Å². The van der Waals surface area contributed by atoms with Crippen LogP contribution in [0.3, 0.4) is 0 Å². The van der Waals surface area contributed by atoms with Gasteiger partial charge in [-0.1, -0.05) is 6.92 Å². The lowest BCUT2D eigenvalue weighted by Crippen LogP contribution is -2.37. The molecule has 1 rings (SSSR count). The lowest BCUT2D eigenvalue weighted by atomic mass is 9.99. The average molecular weight is 244 g/mol. The molecular weight excluding hydrogens is 216 g/mol. The summed E-state index contributed by atoms with van der Waals surface area (Å²) in [6.07, 6.45) is 5.48. The summed E-state index contributed by atoms with van der Waals surface area (Å²) in [5, 5.41) is 7.08. The van der Waals surface area contributed by atoms with E-state index in [1.54, 1.807) is 0 Å². The van der Waals surface area contributed by atoms with Gasteiger partial charge >= 0.3 is 0 Å². The number of hydrogen-bond donors (Lipinski definition) is 2. The molecule has 0 saturated carbocycles. The van der Waals surface area contributed by atoms with Crippen molar-refractivity contribution in [2.45, 2.75) is 45.6 Å². The van der Waals surface area contributed by atoms with Crippen LogP contribution in [0.1, 0.15) is 39.5 Å². The zero-order valence-electron chi connectivity index (χ0n) is 10.9. The molecule has 0 aromatic carbocycles. The van der Waals surface area contributed by atoms with Crippen LogP contribution in [0.15, 0.2) is 0 Å². The van der Waals surface area contributed by atoms with Crippen molar-refractivity contribution in [3.05, 3.63) is 0 Å². The molecule has 1 heterocycles. The first-order valence-corrected chi connectivity index (χ1v) is 8.00. The first kappa shape index (κ1) is 14.3. The summed E-state index contributed by atoms with van der Waals surface area (Å²) in [5.41, 5.74) is 0. The quantitative estimate of drug-likeness (QED) is 0.642. The van der Waals surface area contributed by atoms with Crippen LogP contribution >= 0.6 is 11.8 Å². The van der Waals surface area contributed by atoms with E-state index in [-0.39, 0.29) is 0 Å². The second kappa shape index (κ2) is 9.32. The molecule has 0 aromatic rings. The van der Waals surface area contributed by atoms with Crippen LogP contribution in [0.5, 0.6) is 0 Å². The normalized spacial score (nSPS) is 19.9. The van der Waals surface area contributed by atoms with E-state index >= 15 is 0 Å². The highest BCUT2D eigenvalue weighted by molar-refractivity contribution is 7.99. The fourth-order valence-electron chi connectivity index (χ4n) is 2.14. The van der Waals surface area contributed by atoms with Crippen molar-refractivity contribution in [2.24, 2.45) is 5.92 Å². The standard InChI is InChI=1S/C13H28N2S/c1-3-7-14-11-12(2)15-8-4-13-5-9-16-10-6-13/h12-15H,3-11H2,1-2H3. The van der Waals surface area contributed by atoms with Gasteiger partial charge in [0.25, 0.3) is 0 Å². The predicted molar refractivity (Wildman–Crippen MR) is 75.3 cm³/mol. The van der Waals surface area contributed by atoms with Gasteiger partial charge in [-0.05, 0) is 63.1 Å². The number of thioether (sulfide) groups is 1. The molecule has 0 aromatic heterocycles. The van der Waals surface area contributed by atoms with E-state index in [2.05, 4.69) is 36.2 Å². The smallest absolute Gasteiger partial charge is 0.0164 e. The Morgan fingerprint density at radius 1 is 1.25 bits per heavy atom. The van der Waals surface area contributed by atoms with E-state index in [0.29, 0.717) is 6.04 Å². The van der Waals surface area contributed by atoms with Gasteiger partial charge in [0.15, 0.2) is 0 Å². The van der Waals surface area contributed by atoms with E-state index < -0.39 is 0 Å². The summed E-state index contributed by atoms with van der Waals surface area (Å²) < 4.78 is 0. The lowest BCUT2D eigenvalue weighted by molar-refractivity contribution is 0.412. The van der Waals surface area contributed by atoms with E-state index in [1.165, 1.54) is 43.7 Å². The van der Waals surface area contributed by atoms with Gasteiger partial charge in [0, 0.05) is 12.6 Å². The van der Waals surface area contributed by atoms with Crippen LogP contribution in [0, 0.1) is 5.92 Å². The Morgan fingerprint density at radius 2 is 2.00 bits per heavy atom. The van der Waals surface area contributed by atoms with E-state index in [4.69, 9.17) is 0 Å². The summed E-state index contributed by atoms with van der Waals surface area (Å²) in [6.45, 7) is 7.94. The fourth-order valence-corrected chi connectivity index (χ4v) is 3.34. The summed E-state index contributed by atoms with van der Waals surface area (Å²) in [5.74, 6) is 3.76. The van der Waals surface area contributed by atoms with Gasteiger partial charge in [-0.25, -0.2) is 0 Å². The molecule has 96 valence electrons. The topological polar surface area (TPSA) is 24.1 Å². The van der Waals surface area contributed by atoms with Gasteiger partial charge < -0.3 is 10.6 Å². The molecule has 1 aliphatic rings. The third-order valence-corrected chi connectivity index (χ3v) is 4.31. The molecule has 0 bridgehead atoms. The van der Waals surface area contributed by atoms with Crippen LogP contribution in [0.2, 0.25) is 0 Å². The minimum atomic E-state index is 0.615. The maximum Gasteiger partial charge on any atom is 0.0164 e. The lowest BCUT2D eigenvalue weighted by Gasteiger charge is -2.22. The first-order valence-electron chi connectivity index (χ1n) is 6.84. The van der Waals surface area contributed by atoms with Crippen molar-refractivity contribution in [3.8, 4) is 0 Å².